The standard InChI is InChI=1S/C21H27N2S/c1-15(2)22-11-7-16(8-12-22)17-9-13-23(14-10-17)18-3-4-20-21-6-5-19(18)24(20)21/h7-15,18-21H,3-6H2,1-2H3/q+3/t18?,19?,20?,21-,24?/m0/s1. The summed E-state index contributed by atoms with van der Waals surface area (Å²) in [5.74, 6) is 0. The number of hydrogen-bond donors (Lipinski definition) is 0. The van der Waals surface area contributed by atoms with Gasteiger partial charge < -0.3 is 0 Å². The van der Waals surface area contributed by atoms with Gasteiger partial charge in [-0.05, 0) is 25.0 Å². The van der Waals surface area contributed by atoms with Crippen LogP contribution in [0.4, 0.5) is 0 Å². The molecule has 0 amide bonds. The molecule has 0 radical (unpaired) electrons. The Kier molecular flexibility index (Phi) is 3.48. The van der Waals surface area contributed by atoms with Gasteiger partial charge in [0.1, 0.15) is 0 Å². The van der Waals surface area contributed by atoms with Crippen molar-refractivity contribution in [1.82, 2.24) is 0 Å². The van der Waals surface area contributed by atoms with Crippen molar-refractivity contribution in [1.29, 1.82) is 0 Å². The molecular formula is C21H27N2S+3. The van der Waals surface area contributed by atoms with Gasteiger partial charge in [-0.1, -0.05) is 0 Å². The molecule has 2 aromatic rings. The van der Waals surface area contributed by atoms with Gasteiger partial charge in [-0.25, -0.2) is 4.57 Å². The predicted octanol–water partition coefficient (Wildman–Crippen LogP) is 3.38. The number of pyridine rings is 2. The van der Waals surface area contributed by atoms with Crippen LogP contribution in [0.1, 0.15) is 51.6 Å². The zero-order chi connectivity index (χ0) is 16.3. The molecule has 124 valence electrons. The van der Waals surface area contributed by atoms with E-state index in [4.69, 9.17) is 0 Å². The van der Waals surface area contributed by atoms with Crippen molar-refractivity contribution in [3.8, 4) is 11.1 Å². The fourth-order valence-electron chi connectivity index (χ4n) is 4.94. The Morgan fingerprint density at radius 1 is 0.792 bits per heavy atom. The number of aromatic nitrogens is 2. The summed E-state index contributed by atoms with van der Waals surface area (Å²) in [5, 5.41) is 3.26. The summed E-state index contributed by atoms with van der Waals surface area (Å²) in [5.41, 5.74) is 2.64. The minimum absolute atomic E-state index is 0.519. The van der Waals surface area contributed by atoms with Crippen LogP contribution in [0.5, 0.6) is 0 Å². The highest BCUT2D eigenvalue weighted by Gasteiger charge is 2.74. The molecule has 5 atom stereocenters. The quantitative estimate of drug-likeness (QED) is 0.460. The molecular weight excluding hydrogens is 312 g/mol. The molecule has 5 heterocycles. The second-order valence-corrected chi connectivity index (χ2v) is 10.5. The second-order valence-electron chi connectivity index (χ2n) is 7.91. The summed E-state index contributed by atoms with van der Waals surface area (Å²) in [6.45, 7) is 4.43. The maximum Gasteiger partial charge on any atom is 0.205 e. The van der Waals surface area contributed by atoms with Crippen molar-refractivity contribution in [2.75, 3.05) is 0 Å². The van der Waals surface area contributed by atoms with Crippen molar-refractivity contribution in [2.45, 2.75) is 67.4 Å². The van der Waals surface area contributed by atoms with Crippen LogP contribution in [-0.4, -0.2) is 15.7 Å². The molecule has 3 saturated heterocycles. The fraction of sp³-hybridized carbons (Fsp3) is 0.524. The molecule has 3 aliphatic rings. The molecule has 0 N–H and O–H groups in total. The van der Waals surface area contributed by atoms with Gasteiger partial charge in [0, 0.05) is 60.8 Å². The third-order valence-corrected chi connectivity index (χ3v) is 9.78. The average molecular weight is 340 g/mol. The number of hydrogen-bond acceptors (Lipinski definition) is 0. The zero-order valence-electron chi connectivity index (χ0n) is 14.6. The van der Waals surface area contributed by atoms with Crippen molar-refractivity contribution in [2.24, 2.45) is 0 Å². The first-order valence-electron chi connectivity index (χ1n) is 9.45. The molecule has 0 spiro atoms. The van der Waals surface area contributed by atoms with E-state index in [2.05, 4.69) is 72.0 Å². The van der Waals surface area contributed by atoms with Crippen LogP contribution < -0.4 is 9.13 Å². The van der Waals surface area contributed by atoms with Crippen LogP contribution in [0.15, 0.2) is 49.1 Å². The maximum absolute atomic E-state index is 2.52. The molecule has 24 heavy (non-hydrogen) atoms. The third-order valence-electron chi connectivity index (χ3n) is 6.32. The first kappa shape index (κ1) is 14.9. The molecule has 0 aromatic carbocycles. The average Bonchev–Trinajstić information content (AvgIpc) is 3.14. The molecule has 0 saturated carbocycles. The summed E-state index contributed by atoms with van der Waals surface area (Å²) in [6, 6.07) is 10.4. The highest BCUT2D eigenvalue weighted by Crippen LogP contribution is 2.57. The van der Waals surface area contributed by atoms with Gasteiger partial charge in [-0.2, -0.15) is 4.57 Å². The lowest BCUT2D eigenvalue weighted by Crippen LogP contribution is -2.47. The van der Waals surface area contributed by atoms with E-state index in [0.717, 1.165) is 32.7 Å². The lowest BCUT2D eigenvalue weighted by molar-refractivity contribution is -0.723. The van der Waals surface area contributed by atoms with E-state index in [1.54, 1.807) is 0 Å². The normalized spacial score (nSPS) is 33.5. The van der Waals surface area contributed by atoms with Crippen LogP contribution in [0, 0.1) is 0 Å². The third kappa shape index (κ3) is 2.32. The highest BCUT2D eigenvalue weighted by molar-refractivity contribution is 8.06. The molecule has 2 nitrogen and oxygen atoms in total. The van der Waals surface area contributed by atoms with Crippen LogP contribution in [-0.2, 0) is 10.9 Å². The predicted molar refractivity (Wildman–Crippen MR) is 98.9 cm³/mol. The van der Waals surface area contributed by atoms with Crippen molar-refractivity contribution in [3.05, 3.63) is 49.1 Å². The molecule has 3 fully saturated rings. The topological polar surface area (TPSA) is 7.76 Å². The van der Waals surface area contributed by atoms with E-state index in [1.165, 1.54) is 36.8 Å². The van der Waals surface area contributed by atoms with Crippen LogP contribution >= 0.6 is 0 Å². The molecule has 2 aromatic heterocycles. The van der Waals surface area contributed by atoms with Crippen LogP contribution in [0.3, 0.4) is 0 Å². The second kappa shape index (κ2) is 5.59. The van der Waals surface area contributed by atoms with Gasteiger partial charge in [0.2, 0.25) is 6.04 Å². The van der Waals surface area contributed by atoms with Crippen LogP contribution in [0.2, 0.25) is 0 Å². The Hall–Kier alpha value is -1.35. The highest BCUT2D eigenvalue weighted by atomic mass is 32.2. The first-order valence-corrected chi connectivity index (χ1v) is 10.9. The van der Waals surface area contributed by atoms with E-state index in [0.29, 0.717) is 6.04 Å². The molecule has 3 aliphatic heterocycles. The largest absolute Gasteiger partial charge is 0.205 e. The molecule has 3 heteroatoms. The Morgan fingerprint density at radius 3 is 1.96 bits per heavy atom. The van der Waals surface area contributed by atoms with Crippen molar-refractivity contribution < 1.29 is 9.13 Å². The Morgan fingerprint density at radius 2 is 1.33 bits per heavy atom. The van der Waals surface area contributed by atoms with E-state index in [9.17, 15) is 0 Å². The minimum atomic E-state index is 0.519. The van der Waals surface area contributed by atoms with Gasteiger partial charge in [-0.3, -0.25) is 0 Å². The van der Waals surface area contributed by atoms with Gasteiger partial charge in [0.05, 0.1) is 0 Å². The first-order chi connectivity index (χ1) is 11.7. The Labute approximate surface area is 147 Å². The molecule has 0 aliphatic carbocycles. The summed E-state index contributed by atoms with van der Waals surface area (Å²) >= 11 is 0. The maximum atomic E-state index is 2.52. The van der Waals surface area contributed by atoms with E-state index < -0.39 is 0 Å². The molecule has 4 unspecified atom stereocenters. The SMILES string of the molecule is CC(C)[n+]1ccc(-c2cc[n+](C3CCC4[C@@H]5CCC3[S+]45)cc2)cc1. The Bertz CT molecular complexity index is 733. The van der Waals surface area contributed by atoms with Crippen molar-refractivity contribution >= 4 is 10.9 Å². The summed E-state index contributed by atoms with van der Waals surface area (Å²) < 4.78 is 4.77. The number of nitrogens with zero attached hydrogens (tertiary/aromatic N) is 2. The lowest BCUT2D eigenvalue weighted by atomic mass is 9.95. The fourth-order valence-corrected chi connectivity index (χ4v) is 8.81. The summed E-state index contributed by atoms with van der Waals surface area (Å²) in [4.78, 5) is 0. The van der Waals surface area contributed by atoms with E-state index in [-0.39, 0.29) is 0 Å². The van der Waals surface area contributed by atoms with E-state index in [1.807, 2.05) is 0 Å². The zero-order valence-corrected chi connectivity index (χ0v) is 15.5. The smallest absolute Gasteiger partial charge is 0.203 e. The van der Waals surface area contributed by atoms with Gasteiger partial charge in [0.15, 0.2) is 46.6 Å². The molecule has 0 bridgehead atoms. The van der Waals surface area contributed by atoms with Gasteiger partial charge >= 0.3 is 0 Å². The molecule has 5 rings (SSSR count). The lowest BCUT2D eigenvalue weighted by Gasteiger charge is -2.19. The van der Waals surface area contributed by atoms with E-state index >= 15 is 0 Å². The van der Waals surface area contributed by atoms with Crippen LogP contribution in [0.25, 0.3) is 11.1 Å². The monoisotopic (exact) mass is 339 g/mol. The summed E-state index contributed by atoms with van der Waals surface area (Å²) in [6.07, 6.45) is 14.9. The van der Waals surface area contributed by atoms with Gasteiger partial charge in [0.25, 0.3) is 0 Å². The van der Waals surface area contributed by atoms with Crippen molar-refractivity contribution in [3.63, 3.8) is 0 Å². The Balaban J connectivity index is 1.37. The van der Waals surface area contributed by atoms with Gasteiger partial charge in [-0.15, -0.1) is 0 Å². The number of fused-ring (bicyclic) bond motifs is 1. The minimum Gasteiger partial charge on any atom is -0.203 e. The summed E-state index contributed by atoms with van der Waals surface area (Å²) in [7, 11) is 0.795. The number of rotatable bonds is 3.